The second-order valence-corrected chi connectivity index (χ2v) is 7.22. The number of anilines is 1. The normalized spacial score (nSPS) is 29.0. The summed E-state index contributed by atoms with van der Waals surface area (Å²) in [6, 6.07) is 8.80. The first-order valence-corrected chi connectivity index (χ1v) is 8.90. The first-order chi connectivity index (χ1) is 12.5. The second kappa shape index (κ2) is 6.55. The van der Waals surface area contributed by atoms with Crippen molar-refractivity contribution in [1.82, 2.24) is 4.90 Å². The summed E-state index contributed by atoms with van der Waals surface area (Å²) in [4.78, 5) is 49.9. The molecular formula is C19H20N2O5. The maximum Gasteiger partial charge on any atom is 0.326 e. The molecule has 2 saturated carbocycles. The summed E-state index contributed by atoms with van der Waals surface area (Å²) in [7, 11) is 0. The van der Waals surface area contributed by atoms with Crippen LogP contribution in [0.2, 0.25) is 0 Å². The lowest BCUT2D eigenvalue weighted by Crippen LogP contribution is -2.38. The molecule has 0 spiro atoms. The predicted octanol–water partition coefficient (Wildman–Crippen LogP) is 1.20. The quantitative estimate of drug-likeness (QED) is 0.632. The van der Waals surface area contributed by atoms with Gasteiger partial charge in [0.15, 0.2) is 6.61 Å². The molecule has 1 saturated heterocycles. The van der Waals surface area contributed by atoms with E-state index in [0.717, 1.165) is 24.2 Å². The molecule has 1 aromatic carbocycles. The fraction of sp³-hybridized carbons (Fsp3) is 0.474. The number of carbonyl (C=O) groups excluding carboxylic acids is 4. The first kappa shape index (κ1) is 16.8. The number of ether oxygens (including phenoxy) is 1. The third-order valence-corrected chi connectivity index (χ3v) is 5.73. The molecule has 1 aromatic rings. The van der Waals surface area contributed by atoms with Crippen molar-refractivity contribution in [3.05, 3.63) is 30.3 Å². The Bertz CT molecular complexity index is 734. The Morgan fingerprint density at radius 3 is 2.27 bits per heavy atom. The van der Waals surface area contributed by atoms with Gasteiger partial charge in [-0.05, 0) is 43.2 Å². The molecule has 0 aromatic heterocycles. The highest BCUT2D eigenvalue weighted by atomic mass is 16.5. The fourth-order valence-corrected chi connectivity index (χ4v) is 4.67. The number of rotatable bonds is 5. The minimum absolute atomic E-state index is 0.252. The molecule has 26 heavy (non-hydrogen) atoms. The van der Waals surface area contributed by atoms with Crippen LogP contribution < -0.4 is 5.32 Å². The Labute approximate surface area is 150 Å². The SMILES string of the molecule is O=C(COC(=O)CN1C(=O)[C@@H]2[C@H]3CC[C@@H](C3)[C@H]2C1=O)Nc1ccccc1. The number of esters is 1. The van der Waals surface area contributed by atoms with E-state index >= 15 is 0 Å². The molecule has 3 fully saturated rings. The number of carbonyl (C=O) groups is 4. The van der Waals surface area contributed by atoms with Crippen LogP contribution in [0.4, 0.5) is 5.69 Å². The summed E-state index contributed by atoms with van der Waals surface area (Å²) in [6.07, 6.45) is 2.93. The van der Waals surface area contributed by atoms with Gasteiger partial charge in [-0.3, -0.25) is 24.1 Å². The lowest BCUT2D eigenvalue weighted by molar-refractivity contribution is -0.154. The van der Waals surface area contributed by atoms with Crippen LogP contribution in [0.25, 0.3) is 0 Å². The molecular weight excluding hydrogens is 336 g/mol. The van der Waals surface area contributed by atoms with E-state index in [2.05, 4.69) is 5.32 Å². The topological polar surface area (TPSA) is 92.8 Å². The maximum atomic E-state index is 12.5. The highest BCUT2D eigenvalue weighted by molar-refractivity contribution is 6.07. The average molecular weight is 356 g/mol. The van der Waals surface area contributed by atoms with Crippen molar-refractivity contribution < 1.29 is 23.9 Å². The van der Waals surface area contributed by atoms with Crippen molar-refractivity contribution in [1.29, 1.82) is 0 Å². The molecule has 2 bridgehead atoms. The summed E-state index contributed by atoms with van der Waals surface area (Å²) in [5.74, 6) is -1.68. The fourth-order valence-electron chi connectivity index (χ4n) is 4.67. The minimum atomic E-state index is -0.748. The number of para-hydroxylation sites is 1. The Hall–Kier alpha value is -2.70. The molecule has 4 rings (SSSR count). The van der Waals surface area contributed by atoms with E-state index in [1.54, 1.807) is 24.3 Å². The first-order valence-electron chi connectivity index (χ1n) is 8.90. The number of fused-ring (bicyclic) bond motifs is 5. The van der Waals surface area contributed by atoms with Crippen LogP contribution in [0.3, 0.4) is 0 Å². The molecule has 7 heteroatoms. The Kier molecular flexibility index (Phi) is 4.22. The Morgan fingerprint density at radius 1 is 1.04 bits per heavy atom. The van der Waals surface area contributed by atoms with Gasteiger partial charge >= 0.3 is 5.97 Å². The van der Waals surface area contributed by atoms with Crippen LogP contribution in [0.1, 0.15) is 19.3 Å². The Balaban J connectivity index is 1.29. The summed E-state index contributed by atoms with van der Waals surface area (Å²) < 4.78 is 4.93. The number of hydrogen-bond acceptors (Lipinski definition) is 5. The highest BCUT2D eigenvalue weighted by Crippen LogP contribution is 2.56. The van der Waals surface area contributed by atoms with Gasteiger partial charge in [-0.2, -0.15) is 0 Å². The third-order valence-electron chi connectivity index (χ3n) is 5.73. The van der Waals surface area contributed by atoms with E-state index in [9.17, 15) is 19.2 Å². The van der Waals surface area contributed by atoms with E-state index < -0.39 is 25.0 Å². The summed E-state index contributed by atoms with van der Waals surface area (Å²) in [6.45, 7) is -0.870. The Morgan fingerprint density at radius 2 is 1.65 bits per heavy atom. The number of nitrogens with zero attached hydrogens (tertiary/aromatic N) is 1. The molecule has 1 N–H and O–H groups in total. The zero-order valence-electron chi connectivity index (χ0n) is 14.2. The largest absolute Gasteiger partial charge is 0.454 e. The standard InChI is InChI=1S/C19H20N2O5/c22-14(20-13-4-2-1-3-5-13)10-26-15(23)9-21-18(24)16-11-6-7-12(8-11)17(16)19(21)25/h1-5,11-12,16-17H,6-10H2,(H,20,22)/t11-,12-,16+,17+/m0/s1. The number of nitrogens with one attached hydrogen (secondary N) is 1. The van der Waals surface area contributed by atoms with Gasteiger partial charge in [0, 0.05) is 5.69 Å². The van der Waals surface area contributed by atoms with Gasteiger partial charge in [-0.15, -0.1) is 0 Å². The lowest BCUT2D eigenvalue weighted by atomic mass is 9.81. The van der Waals surface area contributed by atoms with Gasteiger partial charge in [0.05, 0.1) is 11.8 Å². The molecule has 7 nitrogen and oxygen atoms in total. The highest BCUT2D eigenvalue weighted by Gasteiger charge is 2.61. The number of amides is 3. The van der Waals surface area contributed by atoms with Crippen LogP contribution >= 0.6 is 0 Å². The van der Waals surface area contributed by atoms with Gasteiger partial charge in [-0.1, -0.05) is 18.2 Å². The lowest BCUT2D eigenvalue weighted by Gasteiger charge is -2.19. The molecule has 1 heterocycles. The number of hydrogen-bond donors (Lipinski definition) is 1. The molecule has 0 radical (unpaired) electrons. The van der Waals surface area contributed by atoms with Crippen molar-refractivity contribution in [2.75, 3.05) is 18.5 Å². The van der Waals surface area contributed by atoms with E-state index in [1.807, 2.05) is 6.07 Å². The van der Waals surface area contributed by atoms with E-state index in [0.29, 0.717) is 5.69 Å². The van der Waals surface area contributed by atoms with Crippen LogP contribution in [-0.2, 0) is 23.9 Å². The minimum Gasteiger partial charge on any atom is -0.454 e. The van der Waals surface area contributed by atoms with Crippen molar-refractivity contribution in [3.8, 4) is 0 Å². The van der Waals surface area contributed by atoms with Gasteiger partial charge < -0.3 is 10.1 Å². The monoisotopic (exact) mass is 356 g/mol. The third kappa shape index (κ3) is 2.87. The van der Waals surface area contributed by atoms with Crippen LogP contribution in [-0.4, -0.2) is 41.7 Å². The number of benzene rings is 1. The van der Waals surface area contributed by atoms with Crippen molar-refractivity contribution >= 4 is 29.4 Å². The van der Waals surface area contributed by atoms with E-state index in [1.165, 1.54) is 0 Å². The molecule has 136 valence electrons. The van der Waals surface area contributed by atoms with Crippen LogP contribution in [0.15, 0.2) is 30.3 Å². The zero-order chi connectivity index (χ0) is 18.3. The zero-order valence-corrected chi connectivity index (χ0v) is 14.2. The van der Waals surface area contributed by atoms with Crippen molar-refractivity contribution in [3.63, 3.8) is 0 Å². The smallest absolute Gasteiger partial charge is 0.326 e. The van der Waals surface area contributed by atoms with Gasteiger partial charge in [0.25, 0.3) is 5.91 Å². The summed E-state index contributed by atoms with van der Waals surface area (Å²) in [5.41, 5.74) is 0.599. The molecule has 4 atom stereocenters. The van der Waals surface area contributed by atoms with Gasteiger partial charge in [0.2, 0.25) is 11.8 Å². The van der Waals surface area contributed by atoms with Crippen LogP contribution in [0, 0.1) is 23.7 Å². The molecule has 3 aliphatic rings. The number of imide groups is 1. The maximum absolute atomic E-state index is 12.5. The summed E-state index contributed by atoms with van der Waals surface area (Å²) in [5, 5.41) is 2.60. The summed E-state index contributed by atoms with van der Waals surface area (Å²) >= 11 is 0. The van der Waals surface area contributed by atoms with Crippen molar-refractivity contribution in [2.24, 2.45) is 23.7 Å². The second-order valence-electron chi connectivity index (χ2n) is 7.22. The van der Waals surface area contributed by atoms with E-state index in [-0.39, 0.29) is 35.5 Å². The van der Waals surface area contributed by atoms with Gasteiger partial charge in [-0.25, -0.2) is 0 Å². The predicted molar refractivity (Wildman–Crippen MR) is 90.6 cm³/mol. The van der Waals surface area contributed by atoms with Gasteiger partial charge in [0.1, 0.15) is 6.54 Å². The van der Waals surface area contributed by atoms with Crippen molar-refractivity contribution in [2.45, 2.75) is 19.3 Å². The average Bonchev–Trinajstić information content (AvgIpc) is 3.31. The molecule has 0 unspecified atom stereocenters. The molecule has 1 aliphatic heterocycles. The molecule has 3 amide bonds. The van der Waals surface area contributed by atoms with E-state index in [4.69, 9.17) is 4.74 Å². The molecule has 2 aliphatic carbocycles. The number of likely N-dealkylation sites (tertiary alicyclic amines) is 1. The van der Waals surface area contributed by atoms with Crippen LogP contribution in [0.5, 0.6) is 0 Å².